The highest BCUT2D eigenvalue weighted by Crippen LogP contribution is 2.46. The predicted octanol–water partition coefficient (Wildman–Crippen LogP) is 4.56. The van der Waals surface area contributed by atoms with Gasteiger partial charge in [-0.25, -0.2) is 4.68 Å². The largest absolute Gasteiger partial charge is 0.448 e. The number of hydrogen-bond acceptors (Lipinski definition) is 4. The Morgan fingerprint density at radius 2 is 1.75 bits per heavy atom. The molecule has 0 saturated heterocycles. The van der Waals surface area contributed by atoms with E-state index in [1.807, 2.05) is 48.5 Å². The minimum atomic E-state index is -0.516. The number of ether oxygens (including phenoxy) is 2. The maximum atomic E-state index is 12.6. The molecule has 1 aromatic heterocycles. The van der Waals surface area contributed by atoms with Gasteiger partial charge >= 0.3 is 0 Å². The van der Waals surface area contributed by atoms with E-state index in [1.54, 1.807) is 16.9 Å². The van der Waals surface area contributed by atoms with Crippen LogP contribution in [0.2, 0.25) is 0 Å². The molecule has 6 nitrogen and oxygen atoms in total. The van der Waals surface area contributed by atoms with Gasteiger partial charge in [-0.15, -0.1) is 0 Å². The first-order valence-electron chi connectivity index (χ1n) is 9.65. The number of carbonyl (C=O) groups is 1. The molecule has 1 aliphatic carbocycles. The summed E-state index contributed by atoms with van der Waals surface area (Å²) < 4.78 is 13.9. The third kappa shape index (κ3) is 3.11. The lowest BCUT2D eigenvalue weighted by molar-refractivity contribution is -0.105. The van der Waals surface area contributed by atoms with Crippen molar-refractivity contribution in [3.05, 3.63) is 66.5 Å². The van der Waals surface area contributed by atoms with Crippen LogP contribution in [0.5, 0.6) is 11.5 Å². The molecule has 0 atom stereocenters. The monoisotopic (exact) mass is 375 g/mol. The van der Waals surface area contributed by atoms with E-state index in [9.17, 15) is 4.79 Å². The number of fused-ring (bicyclic) bond motifs is 1. The molecule has 0 radical (unpaired) electrons. The van der Waals surface area contributed by atoms with Gasteiger partial charge in [0.25, 0.3) is 11.7 Å². The van der Waals surface area contributed by atoms with Crippen molar-refractivity contribution in [2.75, 3.05) is 5.32 Å². The van der Waals surface area contributed by atoms with Crippen molar-refractivity contribution in [2.45, 2.75) is 37.9 Å². The van der Waals surface area contributed by atoms with Gasteiger partial charge < -0.3 is 14.8 Å². The van der Waals surface area contributed by atoms with Crippen molar-refractivity contribution in [3.8, 4) is 17.2 Å². The molecule has 0 unspecified atom stereocenters. The Morgan fingerprint density at radius 3 is 2.57 bits per heavy atom. The minimum absolute atomic E-state index is 0.263. The second kappa shape index (κ2) is 6.71. The topological polar surface area (TPSA) is 65.4 Å². The second-order valence-corrected chi connectivity index (χ2v) is 7.27. The second-order valence-electron chi connectivity index (χ2n) is 7.27. The zero-order valence-electron chi connectivity index (χ0n) is 15.4. The van der Waals surface area contributed by atoms with Gasteiger partial charge in [-0.2, -0.15) is 5.10 Å². The number of nitrogens with zero attached hydrogens (tertiary/aromatic N) is 2. The average molecular weight is 375 g/mol. The number of nitrogens with one attached hydrogen (secondary N) is 1. The first-order valence-corrected chi connectivity index (χ1v) is 9.65. The SMILES string of the molecule is O=C(Nc1ccc2c(c1)OC1(CCCCC1)O2)c1ccn(-c2ccccc2)n1. The number of benzene rings is 2. The molecular weight excluding hydrogens is 354 g/mol. The van der Waals surface area contributed by atoms with E-state index in [2.05, 4.69) is 10.4 Å². The number of rotatable bonds is 3. The van der Waals surface area contributed by atoms with E-state index in [-0.39, 0.29) is 5.91 Å². The fourth-order valence-electron chi connectivity index (χ4n) is 3.83. The fraction of sp³-hybridized carbons (Fsp3) is 0.273. The number of hydrogen-bond donors (Lipinski definition) is 1. The lowest BCUT2D eigenvalue weighted by Gasteiger charge is -2.31. The molecule has 1 spiro atoms. The van der Waals surface area contributed by atoms with Crippen LogP contribution >= 0.6 is 0 Å². The molecule has 2 heterocycles. The summed E-state index contributed by atoms with van der Waals surface area (Å²) in [6.07, 6.45) is 7.03. The first-order chi connectivity index (χ1) is 13.7. The standard InChI is InChI=1S/C22H21N3O3/c26-21(18-11-14-25(24-18)17-7-3-1-4-8-17)23-16-9-10-19-20(15-16)28-22(27-19)12-5-2-6-13-22/h1,3-4,7-11,14-15H,2,5-6,12-13H2,(H,23,26). The zero-order valence-corrected chi connectivity index (χ0v) is 15.4. The van der Waals surface area contributed by atoms with Gasteiger partial charge in [0, 0.05) is 30.8 Å². The number of anilines is 1. The van der Waals surface area contributed by atoms with Crippen LogP contribution in [-0.2, 0) is 0 Å². The third-order valence-corrected chi connectivity index (χ3v) is 5.25. The Balaban J connectivity index is 1.31. The molecule has 0 bridgehead atoms. The Morgan fingerprint density at radius 1 is 0.964 bits per heavy atom. The van der Waals surface area contributed by atoms with Crippen molar-refractivity contribution >= 4 is 11.6 Å². The number of para-hydroxylation sites is 1. The lowest BCUT2D eigenvalue weighted by Crippen LogP contribution is -2.40. The molecular formula is C22H21N3O3. The highest BCUT2D eigenvalue weighted by molar-refractivity contribution is 6.03. The maximum Gasteiger partial charge on any atom is 0.276 e. The van der Waals surface area contributed by atoms with Crippen molar-refractivity contribution in [1.29, 1.82) is 0 Å². The molecule has 1 saturated carbocycles. The smallest absolute Gasteiger partial charge is 0.276 e. The van der Waals surface area contributed by atoms with Crippen LogP contribution in [0.3, 0.4) is 0 Å². The summed E-state index contributed by atoms with van der Waals surface area (Å²) in [5, 5.41) is 7.26. The highest BCUT2D eigenvalue weighted by Gasteiger charge is 2.42. The van der Waals surface area contributed by atoms with Gasteiger partial charge in [-0.3, -0.25) is 4.79 Å². The molecule has 2 aromatic carbocycles. The van der Waals surface area contributed by atoms with E-state index < -0.39 is 5.79 Å². The number of aromatic nitrogens is 2. The van der Waals surface area contributed by atoms with E-state index in [4.69, 9.17) is 9.47 Å². The molecule has 1 N–H and O–H groups in total. The van der Waals surface area contributed by atoms with E-state index in [1.165, 1.54) is 6.42 Å². The van der Waals surface area contributed by atoms with Crippen LogP contribution in [0.4, 0.5) is 5.69 Å². The summed E-state index contributed by atoms with van der Waals surface area (Å²) in [6, 6.07) is 16.9. The summed E-state index contributed by atoms with van der Waals surface area (Å²) in [5.74, 6) is 0.654. The molecule has 3 aromatic rings. The van der Waals surface area contributed by atoms with Gasteiger partial charge in [-0.1, -0.05) is 24.6 Å². The Bertz CT molecular complexity index is 1010. The zero-order chi connectivity index (χ0) is 19.0. The van der Waals surface area contributed by atoms with Crippen LogP contribution in [0, 0.1) is 0 Å². The van der Waals surface area contributed by atoms with E-state index in [0.29, 0.717) is 17.1 Å². The molecule has 5 rings (SSSR count). The number of carbonyl (C=O) groups excluding carboxylic acids is 1. The van der Waals surface area contributed by atoms with Crippen LogP contribution in [-0.4, -0.2) is 21.5 Å². The Kier molecular flexibility index (Phi) is 4.04. The maximum absolute atomic E-state index is 12.6. The first kappa shape index (κ1) is 16.9. The average Bonchev–Trinajstić information content (AvgIpc) is 3.34. The normalized spacial score (nSPS) is 16.9. The van der Waals surface area contributed by atoms with Crippen molar-refractivity contribution in [2.24, 2.45) is 0 Å². The van der Waals surface area contributed by atoms with Gasteiger partial charge in [0.1, 0.15) is 0 Å². The molecule has 142 valence electrons. The summed E-state index contributed by atoms with van der Waals surface area (Å²) in [5.41, 5.74) is 1.92. The summed E-state index contributed by atoms with van der Waals surface area (Å²) in [6.45, 7) is 0. The summed E-state index contributed by atoms with van der Waals surface area (Å²) in [4.78, 5) is 12.6. The van der Waals surface area contributed by atoms with E-state index >= 15 is 0 Å². The van der Waals surface area contributed by atoms with Crippen LogP contribution in [0.25, 0.3) is 5.69 Å². The van der Waals surface area contributed by atoms with Gasteiger partial charge in [0.15, 0.2) is 17.2 Å². The van der Waals surface area contributed by atoms with Gasteiger partial charge in [-0.05, 0) is 43.2 Å². The predicted molar refractivity (Wildman–Crippen MR) is 105 cm³/mol. The highest BCUT2D eigenvalue weighted by atomic mass is 16.7. The lowest BCUT2D eigenvalue weighted by atomic mass is 9.94. The summed E-state index contributed by atoms with van der Waals surface area (Å²) in [7, 11) is 0. The molecule has 1 aliphatic heterocycles. The van der Waals surface area contributed by atoms with Crippen LogP contribution < -0.4 is 14.8 Å². The Hall–Kier alpha value is -3.28. The Labute approximate surface area is 163 Å². The third-order valence-electron chi connectivity index (χ3n) is 5.25. The van der Waals surface area contributed by atoms with Crippen molar-refractivity contribution in [1.82, 2.24) is 9.78 Å². The molecule has 28 heavy (non-hydrogen) atoms. The number of amides is 1. The van der Waals surface area contributed by atoms with E-state index in [0.717, 1.165) is 37.1 Å². The van der Waals surface area contributed by atoms with Crippen molar-refractivity contribution in [3.63, 3.8) is 0 Å². The molecule has 1 fully saturated rings. The molecule has 6 heteroatoms. The van der Waals surface area contributed by atoms with Crippen LogP contribution in [0.1, 0.15) is 42.6 Å². The quantitative estimate of drug-likeness (QED) is 0.729. The molecule has 2 aliphatic rings. The fourth-order valence-corrected chi connectivity index (χ4v) is 3.83. The minimum Gasteiger partial charge on any atom is -0.448 e. The van der Waals surface area contributed by atoms with Crippen LogP contribution in [0.15, 0.2) is 60.8 Å². The van der Waals surface area contributed by atoms with Gasteiger partial charge in [0.2, 0.25) is 0 Å². The van der Waals surface area contributed by atoms with Crippen molar-refractivity contribution < 1.29 is 14.3 Å². The van der Waals surface area contributed by atoms with Gasteiger partial charge in [0.05, 0.1) is 5.69 Å². The molecule has 1 amide bonds. The summed E-state index contributed by atoms with van der Waals surface area (Å²) >= 11 is 0.